The first-order chi connectivity index (χ1) is 18.6. The van der Waals surface area contributed by atoms with Gasteiger partial charge in [0.2, 0.25) is 17.8 Å². The van der Waals surface area contributed by atoms with Crippen molar-refractivity contribution in [2.24, 2.45) is 5.73 Å². The molecular formula is C29H42N8O2. The van der Waals surface area contributed by atoms with E-state index in [4.69, 9.17) is 5.73 Å². The molecule has 0 saturated heterocycles. The smallest absolute Gasteiger partial charge is 0.248 e. The fourth-order valence-corrected chi connectivity index (χ4v) is 3.32. The van der Waals surface area contributed by atoms with Gasteiger partial charge in [0.25, 0.3) is 0 Å². The number of primary amides is 1. The van der Waals surface area contributed by atoms with Crippen LogP contribution in [0.25, 0.3) is 0 Å². The molecule has 1 heterocycles. The second-order valence-electron chi connectivity index (χ2n) is 10.0. The van der Waals surface area contributed by atoms with E-state index in [9.17, 15) is 9.59 Å². The molecule has 0 saturated carbocycles. The lowest BCUT2D eigenvalue weighted by molar-refractivity contribution is -0.116. The number of aromatic nitrogens is 2. The highest BCUT2D eigenvalue weighted by Gasteiger charge is 2.16. The van der Waals surface area contributed by atoms with Gasteiger partial charge in [-0.25, -0.2) is 4.98 Å². The predicted molar refractivity (Wildman–Crippen MR) is 158 cm³/mol. The van der Waals surface area contributed by atoms with Gasteiger partial charge >= 0.3 is 0 Å². The zero-order valence-electron chi connectivity index (χ0n) is 23.7. The van der Waals surface area contributed by atoms with Crippen LogP contribution >= 0.6 is 0 Å². The van der Waals surface area contributed by atoms with Crippen LogP contribution < -0.4 is 27.0 Å². The first-order valence-electron chi connectivity index (χ1n) is 13.2. The third kappa shape index (κ3) is 12.4. The summed E-state index contributed by atoms with van der Waals surface area (Å²) in [6.45, 7) is 9.01. The number of nitrogens with zero attached hydrogens (tertiary/aromatic N) is 3. The normalized spacial score (nSPS) is 11.2. The quantitative estimate of drug-likeness (QED) is 0.134. The van der Waals surface area contributed by atoms with Crippen LogP contribution in [0.2, 0.25) is 0 Å². The van der Waals surface area contributed by atoms with E-state index in [-0.39, 0.29) is 11.4 Å². The number of unbranched alkanes of at least 4 members (excludes halogenated alkanes) is 1. The number of carbonyl (C=O) groups excluding carboxylic acids is 2. The van der Waals surface area contributed by atoms with Crippen molar-refractivity contribution in [2.45, 2.75) is 45.6 Å². The van der Waals surface area contributed by atoms with E-state index in [2.05, 4.69) is 63.8 Å². The fourth-order valence-electron chi connectivity index (χ4n) is 3.32. The van der Waals surface area contributed by atoms with Crippen LogP contribution in [-0.2, 0) is 4.79 Å². The molecule has 6 N–H and O–H groups in total. The molecular weight excluding hydrogens is 492 g/mol. The summed E-state index contributed by atoms with van der Waals surface area (Å²) < 4.78 is 0. The first kappa shape index (κ1) is 31.3. The van der Waals surface area contributed by atoms with Gasteiger partial charge in [0, 0.05) is 48.9 Å². The molecule has 2 aromatic rings. The maximum atomic E-state index is 12.0. The number of hydrogen-bond acceptors (Lipinski definition) is 8. The number of rotatable bonds is 15. The Morgan fingerprint density at radius 1 is 1.15 bits per heavy atom. The Balaban J connectivity index is 1.87. The van der Waals surface area contributed by atoms with Gasteiger partial charge in [-0.1, -0.05) is 24.8 Å². The van der Waals surface area contributed by atoms with Gasteiger partial charge in [-0.3, -0.25) is 9.59 Å². The van der Waals surface area contributed by atoms with Crippen LogP contribution in [0.1, 0.15) is 56.0 Å². The lowest BCUT2D eigenvalue weighted by Gasteiger charge is -2.26. The third-order valence-electron chi connectivity index (χ3n) is 5.51. The minimum Gasteiger partial charge on any atom is -0.369 e. The summed E-state index contributed by atoms with van der Waals surface area (Å²) in [5.74, 6) is 6.94. The van der Waals surface area contributed by atoms with Crippen molar-refractivity contribution < 1.29 is 9.59 Å². The topological polar surface area (TPSA) is 137 Å². The van der Waals surface area contributed by atoms with Crippen LogP contribution in [0.3, 0.4) is 0 Å². The largest absolute Gasteiger partial charge is 0.369 e. The van der Waals surface area contributed by atoms with E-state index < -0.39 is 5.91 Å². The molecule has 2 amide bonds. The number of benzene rings is 1. The Hall–Kier alpha value is -3.94. The molecule has 39 heavy (non-hydrogen) atoms. The monoisotopic (exact) mass is 534 g/mol. The molecule has 0 aliphatic carbocycles. The summed E-state index contributed by atoms with van der Waals surface area (Å²) in [6, 6.07) is 6.81. The third-order valence-corrected chi connectivity index (χ3v) is 5.51. The Labute approximate surface area is 232 Å². The van der Waals surface area contributed by atoms with Crippen LogP contribution in [0.15, 0.2) is 42.6 Å². The summed E-state index contributed by atoms with van der Waals surface area (Å²) in [5.41, 5.74) is 6.99. The summed E-state index contributed by atoms with van der Waals surface area (Å²) in [6.07, 6.45) is 7.65. The summed E-state index contributed by atoms with van der Waals surface area (Å²) in [7, 11) is 3.92. The van der Waals surface area contributed by atoms with Gasteiger partial charge in [0.1, 0.15) is 5.82 Å². The maximum absolute atomic E-state index is 12.0. The predicted octanol–water partition coefficient (Wildman–Crippen LogP) is 2.87. The average molecular weight is 535 g/mol. The highest BCUT2D eigenvalue weighted by Crippen LogP contribution is 2.18. The molecule has 10 nitrogen and oxygen atoms in total. The van der Waals surface area contributed by atoms with E-state index >= 15 is 0 Å². The van der Waals surface area contributed by atoms with Crippen molar-refractivity contribution in [3.8, 4) is 11.8 Å². The minimum atomic E-state index is -0.473. The van der Waals surface area contributed by atoms with E-state index in [1.165, 1.54) is 0 Å². The molecule has 2 rings (SSSR count). The number of carbonyl (C=O) groups is 2. The lowest BCUT2D eigenvalue weighted by atomic mass is 10.1. The molecule has 10 heteroatoms. The molecule has 0 atom stereocenters. The van der Waals surface area contributed by atoms with Crippen LogP contribution in [0.4, 0.5) is 17.5 Å². The van der Waals surface area contributed by atoms with Crippen LogP contribution in [0, 0.1) is 11.8 Å². The number of amides is 2. The van der Waals surface area contributed by atoms with E-state index in [0.29, 0.717) is 30.3 Å². The lowest BCUT2D eigenvalue weighted by Crippen LogP contribution is -2.49. The van der Waals surface area contributed by atoms with Gasteiger partial charge < -0.3 is 31.9 Å². The van der Waals surface area contributed by atoms with Crippen molar-refractivity contribution in [1.29, 1.82) is 0 Å². The molecule has 0 bridgehead atoms. The van der Waals surface area contributed by atoms with Gasteiger partial charge in [0.05, 0.1) is 11.8 Å². The molecule has 0 spiro atoms. The SMILES string of the molecule is CCCNc1nc(Nc2ccc(C(N)=O)cc2)ncc1C#CCCCNC(C)(C)CNC(=O)/C=C/CN(C)C. The van der Waals surface area contributed by atoms with E-state index in [0.717, 1.165) is 43.7 Å². The van der Waals surface area contributed by atoms with Crippen molar-refractivity contribution in [3.05, 3.63) is 53.7 Å². The maximum Gasteiger partial charge on any atom is 0.248 e. The molecule has 0 fully saturated rings. The molecule has 0 unspecified atom stereocenters. The van der Waals surface area contributed by atoms with Crippen molar-refractivity contribution in [1.82, 2.24) is 25.5 Å². The number of nitrogens with one attached hydrogen (secondary N) is 4. The molecule has 0 radical (unpaired) electrons. The number of hydrogen-bond donors (Lipinski definition) is 5. The van der Waals surface area contributed by atoms with Gasteiger partial charge in [-0.15, -0.1) is 0 Å². The highest BCUT2D eigenvalue weighted by molar-refractivity contribution is 5.93. The van der Waals surface area contributed by atoms with Gasteiger partial charge in [-0.05, 0) is 71.6 Å². The molecule has 1 aromatic heterocycles. The fraction of sp³-hybridized carbons (Fsp3) is 0.448. The highest BCUT2D eigenvalue weighted by atomic mass is 16.1. The molecule has 0 aliphatic rings. The standard InChI is InChI=1S/C29H42N8O2/c1-6-17-31-27-23(20-32-28(36-27)35-24-15-13-22(14-16-24)26(30)39)11-8-7-9-18-34-29(2,3)21-33-25(38)12-10-19-37(4)5/h10,12-16,20,34H,6-7,9,17-19,21H2,1-5H3,(H2,30,39)(H,33,38)(H2,31,32,35,36)/b12-10+. The van der Waals surface area contributed by atoms with Crippen LogP contribution in [0.5, 0.6) is 0 Å². The van der Waals surface area contributed by atoms with E-state index in [1.54, 1.807) is 36.5 Å². The second kappa shape index (κ2) is 16.1. The first-order valence-corrected chi connectivity index (χ1v) is 13.2. The summed E-state index contributed by atoms with van der Waals surface area (Å²) in [5, 5.41) is 12.9. The van der Waals surface area contributed by atoms with Crippen LogP contribution in [-0.4, -0.2) is 72.5 Å². The molecule has 1 aromatic carbocycles. The average Bonchev–Trinajstić information content (AvgIpc) is 2.89. The van der Waals surface area contributed by atoms with Gasteiger partial charge in [-0.2, -0.15) is 4.98 Å². The Morgan fingerprint density at radius 2 is 1.90 bits per heavy atom. The number of nitrogens with two attached hydrogens (primary N) is 1. The van der Waals surface area contributed by atoms with Crippen molar-refractivity contribution in [2.75, 3.05) is 50.9 Å². The Bertz CT molecular complexity index is 1160. The Kier molecular flexibility index (Phi) is 12.9. The van der Waals surface area contributed by atoms with E-state index in [1.807, 2.05) is 25.1 Å². The molecule has 210 valence electrons. The number of anilines is 3. The van der Waals surface area contributed by atoms with Gasteiger partial charge in [0.15, 0.2) is 0 Å². The zero-order chi connectivity index (χ0) is 28.7. The Morgan fingerprint density at radius 3 is 2.56 bits per heavy atom. The summed E-state index contributed by atoms with van der Waals surface area (Å²) in [4.78, 5) is 34.2. The minimum absolute atomic E-state index is 0.0884. The zero-order valence-corrected chi connectivity index (χ0v) is 23.7. The van der Waals surface area contributed by atoms with Crippen molar-refractivity contribution >= 4 is 29.3 Å². The van der Waals surface area contributed by atoms with Crippen molar-refractivity contribution in [3.63, 3.8) is 0 Å². The summed E-state index contributed by atoms with van der Waals surface area (Å²) >= 11 is 0. The number of likely N-dealkylation sites (N-methyl/N-ethyl adjacent to an activating group) is 1. The molecule has 0 aliphatic heterocycles. The second-order valence-corrected chi connectivity index (χ2v) is 10.0.